The van der Waals surface area contributed by atoms with E-state index in [1.165, 1.54) is 0 Å². The van der Waals surface area contributed by atoms with Crippen molar-refractivity contribution in [3.8, 4) is 0 Å². The van der Waals surface area contributed by atoms with E-state index < -0.39 is 0 Å². The minimum absolute atomic E-state index is 0.0390. The molecule has 0 fully saturated rings. The SMILES string of the molecule is CC(C)N(CCCO)C(=O)c1cccn1C(C)C. The first-order valence-corrected chi connectivity index (χ1v) is 6.57. The molecule has 1 rings (SSSR count). The molecule has 1 aromatic rings. The number of rotatable bonds is 6. The lowest BCUT2D eigenvalue weighted by atomic mass is 10.2. The van der Waals surface area contributed by atoms with Crippen LogP contribution < -0.4 is 0 Å². The second kappa shape index (κ2) is 6.59. The van der Waals surface area contributed by atoms with E-state index in [4.69, 9.17) is 5.11 Å². The van der Waals surface area contributed by atoms with Crippen LogP contribution in [0.4, 0.5) is 0 Å². The standard InChI is InChI=1S/C14H24N2O2/c1-11(2)15-8-5-7-13(15)14(18)16(12(3)4)9-6-10-17/h5,7-8,11-12,17H,6,9-10H2,1-4H3. The minimum Gasteiger partial charge on any atom is -0.396 e. The highest BCUT2D eigenvalue weighted by molar-refractivity contribution is 5.93. The molecule has 0 aliphatic carbocycles. The van der Waals surface area contributed by atoms with E-state index in [1.807, 2.05) is 41.6 Å². The zero-order chi connectivity index (χ0) is 13.7. The van der Waals surface area contributed by atoms with Crippen LogP contribution in [0, 0.1) is 0 Å². The molecule has 0 unspecified atom stereocenters. The molecule has 0 spiro atoms. The molecule has 0 aliphatic rings. The normalized spacial score (nSPS) is 11.3. The van der Waals surface area contributed by atoms with Crippen molar-refractivity contribution >= 4 is 5.91 Å². The van der Waals surface area contributed by atoms with Crippen molar-refractivity contribution in [3.05, 3.63) is 24.0 Å². The van der Waals surface area contributed by atoms with Gasteiger partial charge in [-0.3, -0.25) is 4.79 Å². The number of nitrogens with zero attached hydrogens (tertiary/aromatic N) is 2. The van der Waals surface area contributed by atoms with Crippen LogP contribution >= 0.6 is 0 Å². The average molecular weight is 252 g/mol. The van der Waals surface area contributed by atoms with Gasteiger partial charge in [0, 0.05) is 31.4 Å². The van der Waals surface area contributed by atoms with Crippen LogP contribution in [-0.2, 0) is 0 Å². The second-order valence-corrected chi connectivity index (χ2v) is 5.06. The predicted octanol–water partition coefficient (Wildman–Crippen LogP) is 2.30. The molecule has 0 radical (unpaired) electrons. The summed E-state index contributed by atoms with van der Waals surface area (Å²) in [6, 6.07) is 4.17. The van der Waals surface area contributed by atoms with Gasteiger partial charge in [0.2, 0.25) is 0 Å². The molecule has 1 heterocycles. The number of carbonyl (C=O) groups excluding carboxylic acids is 1. The molecule has 0 aliphatic heterocycles. The molecule has 4 nitrogen and oxygen atoms in total. The minimum atomic E-state index is 0.0390. The van der Waals surface area contributed by atoms with Crippen LogP contribution in [0.25, 0.3) is 0 Å². The largest absolute Gasteiger partial charge is 0.396 e. The molecule has 0 atom stereocenters. The Kier molecular flexibility index (Phi) is 5.41. The Hall–Kier alpha value is -1.29. The van der Waals surface area contributed by atoms with Crippen LogP contribution in [0.5, 0.6) is 0 Å². The van der Waals surface area contributed by atoms with Gasteiger partial charge in [0.1, 0.15) is 5.69 Å². The van der Waals surface area contributed by atoms with Crippen molar-refractivity contribution in [2.75, 3.05) is 13.2 Å². The second-order valence-electron chi connectivity index (χ2n) is 5.06. The third-order valence-electron chi connectivity index (χ3n) is 3.00. The van der Waals surface area contributed by atoms with Crippen LogP contribution in [-0.4, -0.2) is 39.7 Å². The molecular formula is C14H24N2O2. The fourth-order valence-electron chi connectivity index (χ4n) is 2.01. The first kappa shape index (κ1) is 14.8. The maximum Gasteiger partial charge on any atom is 0.270 e. The highest BCUT2D eigenvalue weighted by Crippen LogP contribution is 2.15. The number of aliphatic hydroxyl groups is 1. The number of hydrogen-bond donors (Lipinski definition) is 1. The first-order chi connectivity index (χ1) is 8.49. The molecule has 1 N–H and O–H groups in total. The highest BCUT2D eigenvalue weighted by Gasteiger charge is 2.21. The Morgan fingerprint density at radius 3 is 2.56 bits per heavy atom. The third-order valence-corrected chi connectivity index (χ3v) is 3.00. The molecule has 4 heteroatoms. The van der Waals surface area contributed by atoms with Crippen molar-refractivity contribution in [2.45, 2.75) is 46.2 Å². The molecule has 1 amide bonds. The number of amides is 1. The Balaban J connectivity index is 2.91. The van der Waals surface area contributed by atoms with Gasteiger partial charge in [0.05, 0.1) is 0 Å². The van der Waals surface area contributed by atoms with E-state index in [9.17, 15) is 4.79 Å². The van der Waals surface area contributed by atoms with Gasteiger partial charge >= 0.3 is 0 Å². The predicted molar refractivity (Wildman–Crippen MR) is 72.7 cm³/mol. The van der Waals surface area contributed by atoms with Crippen molar-refractivity contribution in [1.82, 2.24) is 9.47 Å². The Morgan fingerprint density at radius 2 is 2.06 bits per heavy atom. The molecule has 1 aromatic heterocycles. The zero-order valence-electron chi connectivity index (χ0n) is 11.8. The number of carbonyl (C=O) groups is 1. The first-order valence-electron chi connectivity index (χ1n) is 6.57. The van der Waals surface area contributed by atoms with Gasteiger partial charge in [-0.2, -0.15) is 0 Å². The lowest BCUT2D eigenvalue weighted by Crippen LogP contribution is -2.39. The van der Waals surface area contributed by atoms with Gasteiger partial charge in [-0.15, -0.1) is 0 Å². The molecule has 0 saturated heterocycles. The van der Waals surface area contributed by atoms with Crippen LogP contribution in [0.15, 0.2) is 18.3 Å². The van der Waals surface area contributed by atoms with Gasteiger partial charge in [-0.05, 0) is 46.2 Å². The van der Waals surface area contributed by atoms with Crippen molar-refractivity contribution in [1.29, 1.82) is 0 Å². The Morgan fingerprint density at radius 1 is 1.39 bits per heavy atom. The van der Waals surface area contributed by atoms with Crippen LogP contribution in [0.1, 0.15) is 50.6 Å². The molecule has 0 aromatic carbocycles. The monoisotopic (exact) mass is 252 g/mol. The van der Waals surface area contributed by atoms with Crippen molar-refractivity contribution in [2.24, 2.45) is 0 Å². The fourth-order valence-corrected chi connectivity index (χ4v) is 2.01. The Labute approximate surface area is 109 Å². The van der Waals surface area contributed by atoms with Gasteiger partial charge in [0.25, 0.3) is 5.91 Å². The molecular weight excluding hydrogens is 228 g/mol. The van der Waals surface area contributed by atoms with Gasteiger partial charge in [-0.1, -0.05) is 0 Å². The number of hydrogen-bond acceptors (Lipinski definition) is 2. The quantitative estimate of drug-likeness (QED) is 0.844. The summed E-state index contributed by atoms with van der Waals surface area (Å²) >= 11 is 0. The average Bonchev–Trinajstić information content (AvgIpc) is 2.77. The molecule has 0 saturated carbocycles. The van der Waals surface area contributed by atoms with Crippen LogP contribution in [0.3, 0.4) is 0 Å². The number of aromatic nitrogens is 1. The van der Waals surface area contributed by atoms with Crippen molar-refractivity contribution in [3.63, 3.8) is 0 Å². The molecule has 18 heavy (non-hydrogen) atoms. The maximum absolute atomic E-state index is 12.5. The van der Waals surface area contributed by atoms with E-state index in [0.717, 1.165) is 5.69 Å². The van der Waals surface area contributed by atoms with E-state index in [0.29, 0.717) is 13.0 Å². The maximum atomic E-state index is 12.5. The highest BCUT2D eigenvalue weighted by atomic mass is 16.3. The van der Waals surface area contributed by atoms with Gasteiger partial charge in [-0.25, -0.2) is 0 Å². The third kappa shape index (κ3) is 3.35. The molecule has 0 bridgehead atoms. The van der Waals surface area contributed by atoms with E-state index in [1.54, 1.807) is 0 Å². The summed E-state index contributed by atoms with van der Waals surface area (Å²) in [5.74, 6) is 0.0390. The summed E-state index contributed by atoms with van der Waals surface area (Å²) in [6.07, 6.45) is 2.55. The Bertz CT molecular complexity index is 383. The van der Waals surface area contributed by atoms with Gasteiger partial charge in [0.15, 0.2) is 0 Å². The lowest BCUT2D eigenvalue weighted by Gasteiger charge is -2.27. The summed E-state index contributed by atoms with van der Waals surface area (Å²) in [5, 5.41) is 8.91. The fraction of sp³-hybridized carbons (Fsp3) is 0.643. The molecule has 102 valence electrons. The van der Waals surface area contributed by atoms with Crippen molar-refractivity contribution < 1.29 is 9.90 Å². The smallest absolute Gasteiger partial charge is 0.270 e. The summed E-state index contributed by atoms with van der Waals surface area (Å²) in [6.45, 7) is 8.82. The van der Waals surface area contributed by atoms with Crippen LogP contribution in [0.2, 0.25) is 0 Å². The topological polar surface area (TPSA) is 45.5 Å². The van der Waals surface area contributed by atoms with E-state index in [-0.39, 0.29) is 24.6 Å². The summed E-state index contributed by atoms with van der Waals surface area (Å²) in [7, 11) is 0. The summed E-state index contributed by atoms with van der Waals surface area (Å²) in [4.78, 5) is 14.3. The zero-order valence-corrected chi connectivity index (χ0v) is 11.8. The summed E-state index contributed by atoms with van der Waals surface area (Å²) < 4.78 is 1.98. The van der Waals surface area contributed by atoms with Gasteiger partial charge < -0.3 is 14.6 Å². The number of aliphatic hydroxyl groups excluding tert-OH is 1. The summed E-state index contributed by atoms with van der Waals surface area (Å²) in [5.41, 5.74) is 0.719. The van der Waals surface area contributed by atoms with E-state index >= 15 is 0 Å². The lowest BCUT2D eigenvalue weighted by molar-refractivity contribution is 0.0680. The van der Waals surface area contributed by atoms with E-state index in [2.05, 4.69) is 13.8 Å².